The maximum Gasteiger partial charge on any atom is 0.300 e. The minimum Gasteiger partial charge on any atom is -0.516 e. The van der Waals surface area contributed by atoms with E-state index in [0.29, 0.717) is 6.42 Å². The van der Waals surface area contributed by atoms with Crippen LogP contribution in [-0.2, 0) is 14.4 Å². The fourth-order valence-electron chi connectivity index (χ4n) is 0.320. The zero-order valence-corrected chi connectivity index (χ0v) is 11.6. The average Bonchev–Trinajstić information content (AvgIpc) is 2.14. The summed E-state index contributed by atoms with van der Waals surface area (Å²) in [6.45, 7) is 3.25. The standard InChI is InChI=1S/C5H10O3.3C2H4O2/c6-4-2-1-3-5(7)8;3*1-2(3)4/h2,4-8H,1,3H2;3*1H3,(H,3,4). The molecule has 0 unspecified atom stereocenters. The predicted molar refractivity (Wildman–Crippen MR) is 69.2 cm³/mol. The largest absolute Gasteiger partial charge is 0.516 e. The zero-order valence-electron chi connectivity index (χ0n) is 11.6. The fraction of sp³-hybridized carbons (Fsp3) is 0.545. The summed E-state index contributed by atoms with van der Waals surface area (Å²) >= 11 is 0. The lowest BCUT2D eigenvalue weighted by atomic mass is 10.3. The third-order valence-corrected chi connectivity index (χ3v) is 0.697. The van der Waals surface area contributed by atoms with E-state index in [1.807, 2.05) is 0 Å². The van der Waals surface area contributed by atoms with E-state index in [2.05, 4.69) is 0 Å². The molecule has 0 spiro atoms. The van der Waals surface area contributed by atoms with Gasteiger partial charge in [-0.2, -0.15) is 0 Å². The van der Waals surface area contributed by atoms with E-state index in [9.17, 15) is 0 Å². The van der Waals surface area contributed by atoms with Crippen LogP contribution in [-0.4, -0.2) is 54.8 Å². The number of carboxylic acid groups (broad SMARTS) is 3. The molecule has 0 aromatic heterocycles. The second-order valence-electron chi connectivity index (χ2n) is 3.00. The van der Waals surface area contributed by atoms with Gasteiger partial charge in [-0.3, -0.25) is 14.4 Å². The van der Waals surface area contributed by atoms with Crippen molar-refractivity contribution in [1.29, 1.82) is 0 Å². The Morgan fingerprint density at radius 3 is 1.30 bits per heavy atom. The molecule has 0 rings (SSSR count). The summed E-state index contributed by atoms with van der Waals surface area (Å²) in [6.07, 6.45) is 1.86. The number of hydrogen-bond acceptors (Lipinski definition) is 6. The highest BCUT2D eigenvalue weighted by Gasteiger charge is 1.91. The van der Waals surface area contributed by atoms with Gasteiger partial charge in [-0.15, -0.1) is 0 Å². The molecule has 0 saturated carbocycles. The maximum absolute atomic E-state index is 9.00. The van der Waals surface area contributed by atoms with E-state index in [0.717, 1.165) is 27.0 Å². The second-order valence-corrected chi connectivity index (χ2v) is 3.00. The molecule has 0 aliphatic rings. The number of aliphatic carboxylic acids is 3. The normalized spacial score (nSPS) is 8.30. The smallest absolute Gasteiger partial charge is 0.300 e. The van der Waals surface area contributed by atoms with Crippen LogP contribution in [0.25, 0.3) is 0 Å². The van der Waals surface area contributed by atoms with Gasteiger partial charge in [0, 0.05) is 27.2 Å². The number of rotatable bonds is 3. The Labute approximate surface area is 116 Å². The van der Waals surface area contributed by atoms with Crippen molar-refractivity contribution in [2.45, 2.75) is 39.9 Å². The minimum absolute atomic E-state index is 0.275. The summed E-state index contributed by atoms with van der Waals surface area (Å²) in [5.74, 6) is -2.50. The summed E-state index contributed by atoms with van der Waals surface area (Å²) in [5, 5.41) is 46.7. The van der Waals surface area contributed by atoms with Gasteiger partial charge in [0.2, 0.25) is 0 Å². The number of aliphatic hydroxyl groups excluding tert-OH is 2. The van der Waals surface area contributed by atoms with E-state index in [1.54, 1.807) is 0 Å². The Hall–Kier alpha value is -2.13. The lowest BCUT2D eigenvalue weighted by Gasteiger charge is -1.96. The molecule has 9 heteroatoms. The fourth-order valence-corrected chi connectivity index (χ4v) is 0.320. The SMILES string of the molecule is CC(=O)O.CC(=O)O.CC(=O)O.OC=CCCC(O)O. The van der Waals surface area contributed by atoms with E-state index >= 15 is 0 Å². The topological polar surface area (TPSA) is 173 Å². The molecule has 0 aliphatic heterocycles. The van der Waals surface area contributed by atoms with Gasteiger partial charge in [0.25, 0.3) is 17.9 Å². The van der Waals surface area contributed by atoms with Crippen molar-refractivity contribution in [2.24, 2.45) is 0 Å². The van der Waals surface area contributed by atoms with E-state index in [1.165, 1.54) is 6.08 Å². The second kappa shape index (κ2) is 22.1. The van der Waals surface area contributed by atoms with Crippen LogP contribution in [0.15, 0.2) is 12.3 Å². The lowest BCUT2D eigenvalue weighted by Crippen LogP contribution is -2.01. The maximum atomic E-state index is 9.00. The van der Waals surface area contributed by atoms with Crippen molar-refractivity contribution in [1.82, 2.24) is 0 Å². The molecule has 9 nitrogen and oxygen atoms in total. The average molecular weight is 298 g/mol. The van der Waals surface area contributed by atoms with E-state index < -0.39 is 24.2 Å². The first kappa shape index (κ1) is 26.4. The van der Waals surface area contributed by atoms with Crippen molar-refractivity contribution >= 4 is 17.9 Å². The Kier molecular flexibility index (Phi) is 29.2. The summed E-state index contributed by atoms with van der Waals surface area (Å²) < 4.78 is 0. The molecule has 0 radical (unpaired) electrons. The number of allylic oxidation sites excluding steroid dienone is 1. The summed E-state index contributed by atoms with van der Waals surface area (Å²) in [7, 11) is 0. The Balaban J connectivity index is -0.0000000917. The quantitative estimate of drug-likeness (QED) is 0.319. The molecule has 0 saturated heterocycles. The zero-order chi connectivity index (χ0) is 17.1. The van der Waals surface area contributed by atoms with Crippen molar-refractivity contribution in [2.75, 3.05) is 0 Å². The van der Waals surface area contributed by atoms with Crippen LogP contribution in [0.5, 0.6) is 0 Å². The van der Waals surface area contributed by atoms with Gasteiger partial charge in [-0.25, -0.2) is 0 Å². The van der Waals surface area contributed by atoms with Crippen LogP contribution in [0.3, 0.4) is 0 Å². The molecule has 0 amide bonds. The monoisotopic (exact) mass is 298 g/mol. The number of hydrogen-bond donors (Lipinski definition) is 6. The molecule has 6 N–H and O–H groups in total. The highest BCUT2D eigenvalue weighted by Crippen LogP contribution is 1.92. The van der Waals surface area contributed by atoms with Crippen LogP contribution in [0, 0.1) is 0 Å². The predicted octanol–water partition coefficient (Wildman–Crippen LogP) is 0.422. The van der Waals surface area contributed by atoms with Crippen molar-refractivity contribution in [3.63, 3.8) is 0 Å². The molecule has 120 valence electrons. The first-order chi connectivity index (χ1) is 8.97. The molecule has 0 aromatic carbocycles. The molecule has 0 bridgehead atoms. The van der Waals surface area contributed by atoms with Gasteiger partial charge in [0.1, 0.15) is 0 Å². The Morgan fingerprint density at radius 2 is 1.15 bits per heavy atom. The summed E-state index contributed by atoms with van der Waals surface area (Å²) in [5.41, 5.74) is 0. The van der Waals surface area contributed by atoms with Gasteiger partial charge >= 0.3 is 0 Å². The van der Waals surface area contributed by atoms with Gasteiger partial charge in [0.05, 0.1) is 6.26 Å². The first-order valence-corrected chi connectivity index (χ1v) is 5.21. The molecular formula is C11H22O9. The Bertz CT molecular complexity index is 231. The third-order valence-electron chi connectivity index (χ3n) is 0.697. The lowest BCUT2D eigenvalue weighted by molar-refractivity contribution is -0.135. The van der Waals surface area contributed by atoms with Crippen LogP contribution in [0.4, 0.5) is 0 Å². The molecular weight excluding hydrogens is 276 g/mol. The van der Waals surface area contributed by atoms with E-state index in [-0.39, 0.29) is 6.42 Å². The Morgan fingerprint density at radius 1 is 0.900 bits per heavy atom. The molecule has 0 atom stereocenters. The minimum atomic E-state index is -1.26. The molecule has 20 heavy (non-hydrogen) atoms. The van der Waals surface area contributed by atoms with Gasteiger partial charge < -0.3 is 30.6 Å². The van der Waals surface area contributed by atoms with Gasteiger partial charge in [0.15, 0.2) is 6.29 Å². The summed E-state index contributed by atoms with van der Waals surface area (Å²) in [6, 6.07) is 0. The van der Waals surface area contributed by atoms with Gasteiger partial charge in [-0.1, -0.05) is 0 Å². The molecule has 0 aromatic rings. The van der Waals surface area contributed by atoms with E-state index in [4.69, 9.17) is 45.0 Å². The number of aliphatic hydroxyl groups is 3. The van der Waals surface area contributed by atoms with Crippen molar-refractivity contribution < 1.29 is 45.0 Å². The molecule has 0 heterocycles. The molecule has 0 aliphatic carbocycles. The summed E-state index contributed by atoms with van der Waals surface area (Å²) in [4.78, 5) is 27.0. The number of carbonyl (C=O) groups is 3. The highest BCUT2D eigenvalue weighted by molar-refractivity contribution is 5.63. The van der Waals surface area contributed by atoms with Crippen LogP contribution in [0.2, 0.25) is 0 Å². The third kappa shape index (κ3) is 426. The molecule has 0 fully saturated rings. The van der Waals surface area contributed by atoms with Crippen molar-refractivity contribution in [3.8, 4) is 0 Å². The van der Waals surface area contributed by atoms with Gasteiger partial charge in [-0.05, 0) is 12.5 Å². The van der Waals surface area contributed by atoms with Crippen molar-refractivity contribution in [3.05, 3.63) is 12.3 Å². The van der Waals surface area contributed by atoms with Crippen LogP contribution >= 0.6 is 0 Å². The van der Waals surface area contributed by atoms with Crippen LogP contribution < -0.4 is 0 Å². The van der Waals surface area contributed by atoms with Crippen LogP contribution in [0.1, 0.15) is 33.6 Å². The number of carboxylic acids is 3. The highest BCUT2D eigenvalue weighted by atomic mass is 16.5. The first-order valence-electron chi connectivity index (χ1n) is 5.21.